The van der Waals surface area contributed by atoms with E-state index in [1.807, 2.05) is 35.2 Å². The predicted molar refractivity (Wildman–Crippen MR) is 120 cm³/mol. The van der Waals surface area contributed by atoms with E-state index < -0.39 is 6.10 Å². The van der Waals surface area contributed by atoms with Crippen LogP contribution in [0.25, 0.3) is 0 Å². The lowest BCUT2D eigenvalue weighted by atomic mass is 9.86. The summed E-state index contributed by atoms with van der Waals surface area (Å²) < 4.78 is 11.6. The van der Waals surface area contributed by atoms with Gasteiger partial charge in [-0.15, -0.1) is 0 Å². The number of hydrogen-bond acceptors (Lipinski definition) is 4. The second kappa shape index (κ2) is 8.91. The van der Waals surface area contributed by atoms with Gasteiger partial charge in [0.05, 0.1) is 12.1 Å². The van der Waals surface area contributed by atoms with Crippen molar-refractivity contribution < 1.29 is 19.4 Å². The summed E-state index contributed by atoms with van der Waals surface area (Å²) in [5, 5.41) is 10.6. The Bertz CT molecular complexity index is 916. The van der Waals surface area contributed by atoms with Gasteiger partial charge >= 0.3 is 0 Å². The second-order valence-electron chi connectivity index (χ2n) is 9.54. The van der Waals surface area contributed by atoms with Crippen LogP contribution in [0, 0.1) is 0 Å². The number of hydrogen-bond donors (Lipinski definition) is 1. The van der Waals surface area contributed by atoms with Crippen molar-refractivity contribution in [3.8, 4) is 11.5 Å². The maximum Gasteiger partial charge on any atom is 0.223 e. The standard InChI is InChI=1S/C26H33NO4/c1-26(2,3)19-11-9-18(10-12-19)22(28)13-14-24(29)27-15-5-7-21(27)20-6-4-8-23-25(20)31-17-16-30-23/h4,6,8-12,21-22,28H,5,7,13-17H2,1-3H3/t21-,22-/m0/s1. The van der Waals surface area contributed by atoms with Crippen LogP contribution in [0.1, 0.15) is 75.3 Å². The molecule has 0 aliphatic carbocycles. The average molecular weight is 424 g/mol. The summed E-state index contributed by atoms with van der Waals surface area (Å²) >= 11 is 0. The number of aliphatic hydroxyl groups excluding tert-OH is 1. The average Bonchev–Trinajstić information content (AvgIpc) is 3.26. The molecule has 2 aromatic carbocycles. The van der Waals surface area contributed by atoms with E-state index in [2.05, 4.69) is 32.9 Å². The van der Waals surface area contributed by atoms with Crippen molar-refractivity contribution in [2.24, 2.45) is 0 Å². The molecule has 31 heavy (non-hydrogen) atoms. The molecule has 166 valence electrons. The fourth-order valence-corrected chi connectivity index (χ4v) is 4.52. The normalized spacial score (nSPS) is 19.4. The van der Waals surface area contributed by atoms with Gasteiger partial charge in [0.25, 0.3) is 0 Å². The molecule has 0 aromatic heterocycles. The molecular formula is C26H33NO4. The Balaban J connectivity index is 1.40. The van der Waals surface area contributed by atoms with Crippen molar-refractivity contribution in [2.75, 3.05) is 19.8 Å². The first kappa shape index (κ1) is 21.7. The minimum Gasteiger partial charge on any atom is -0.486 e. The molecule has 4 rings (SSSR count). The number of aliphatic hydroxyl groups is 1. The molecular weight excluding hydrogens is 390 g/mol. The van der Waals surface area contributed by atoms with Crippen molar-refractivity contribution in [1.29, 1.82) is 0 Å². The molecule has 1 N–H and O–H groups in total. The number of rotatable bonds is 5. The molecule has 1 saturated heterocycles. The zero-order valence-corrected chi connectivity index (χ0v) is 18.8. The highest BCUT2D eigenvalue weighted by atomic mass is 16.6. The van der Waals surface area contributed by atoms with Gasteiger partial charge in [0.2, 0.25) is 5.91 Å². The summed E-state index contributed by atoms with van der Waals surface area (Å²) in [5.41, 5.74) is 3.20. The Morgan fingerprint density at radius 1 is 1.13 bits per heavy atom. The number of ether oxygens (including phenoxy) is 2. The van der Waals surface area contributed by atoms with Crippen LogP contribution in [-0.2, 0) is 10.2 Å². The van der Waals surface area contributed by atoms with Crippen LogP contribution in [-0.4, -0.2) is 35.7 Å². The summed E-state index contributed by atoms with van der Waals surface area (Å²) in [5.74, 6) is 1.62. The minimum atomic E-state index is -0.639. The molecule has 0 bridgehead atoms. The highest BCUT2D eigenvalue weighted by Crippen LogP contribution is 2.43. The van der Waals surface area contributed by atoms with E-state index in [0.717, 1.165) is 42.0 Å². The highest BCUT2D eigenvalue weighted by molar-refractivity contribution is 5.77. The fraction of sp³-hybridized carbons (Fsp3) is 0.500. The topological polar surface area (TPSA) is 59.0 Å². The summed E-state index contributed by atoms with van der Waals surface area (Å²) in [6.45, 7) is 8.34. The van der Waals surface area contributed by atoms with Crippen LogP contribution >= 0.6 is 0 Å². The van der Waals surface area contributed by atoms with Crippen molar-refractivity contribution >= 4 is 5.91 Å². The molecule has 0 unspecified atom stereocenters. The second-order valence-corrected chi connectivity index (χ2v) is 9.54. The van der Waals surface area contributed by atoms with E-state index in [4.69, 9.17) is 9.47 Å². The summed E-state index contributed by atoms with van der Waals surface area (Å²) in [6.07, 6.45) is 1.99. The fourth-order valence-electron chi connectivity index (χ4n) is 4.52. The molecule has 1 amide bonds. The molecule has 0 radical (unpaired) electrons. The lowest BCUT2D eigenvalue weighted by Gasteiger charge is -2.29. The minimum absolute atomic E-state index is 0.00682. The van der Waals surface area contributed by atoms with Crippen molar-refractivity contribution in [3.05, 3.63) is 59.2 Å². The molecule has 0 saturated carbocycles. The summed E-state index contributed by atoms with van der Waals surface area (Å²) in [4.78, 5) is 15.0. The van der Waals surface area contributed by atoms with Crippen LogP contribution in [0.4, 0.5) is 0 Å². The van der Waals surface area contributed by atoms with E-state index in [1.54, 1.807) is 0 Å². The Kier molecular flexibility index (Phi) is 6.24. The molecule has 5 heteroatoms. The Morgan fingerprint density at radius 2 is 1.87 bits per heavy atom. The summed E-state index contributed by atoms with van der Waals surface area (Å²) in [6, 6.07) is 14.0. The lowest BCUT2D eigenvalue weighted by Crippen LogP contribution is -2.31. The Labute approximate surface area is 185 Å². The molecule has 2 aromatic rings. The molecule has 1 fully saturated rings. The van der Waals surface area contributed by atoms with E-state index in [1.165, 1.54) is 5.56 Å². The maximum atomic E-state index is 13.1. The molecule has 2 aliphatic heterocycles. The molecule has 5 nitrogen and oxygen atoms in total. The number of amides is 1. The van der Waals surface area contributed by atoms with Gasteiger partial charge in [-0.05, 0) is 41.9 Å². The number of likely N-dealkylation sites (tertiary alicyclic amines) is 1. The van der Waals surface area contributed by atoms with Crippen LogP contribution in [0.3, 0.4) is 0 Å². The van der Waals surface area contributed by atoms with Crippen LogP contribution in [0.15, 0.2) is 42.5 Å². The van der Waals surface area contributed by atoms with Gasteiger partial charge in [-0.25, -0.2) is 0 Å². The number of para-hydroxylation sites is 1. The van der Waals surface area contributed by atoms with E-state index >= 15 is 0 Å². The van der Waals surface area contributed by atoms with E-state index in [9.17, 15) is 9.90 Å². The Morgan fingerprint density at radius 3 is 2.61 bits per heavy atom. The highest BCUT2D eigenvalue weighted by Gasteiger charge is 2.33. The van der Waals surface area contributed by atoms with Gasteiger partial charge in [0.15, 0.2) is 11.5 Å². The first-order chi connectivity index (χ1) is 14.8. The van der Waals surface area contributed by atoms with Gasteiger partial charge in [-0.3, -0.25) is 4.79 Å². The monoisotopic (exact) mass is 423 g/mol. The lowest BCUT2D eigenvalue weighted by molar-refractivity contribution is -0.132. The van der Waals surface area contributed by atoms with E-state index in [0.29, 0.717) is 26.1 Å². The van der Waals surface area contributed by atoms with E-state index in [-0.39, 0.29) is 17.4 Å². The predicted octanol–water partition coefficient (Wildman–Crippen LogP) is 4.93. The van der Waals surface area contributed by atoms with Crippen molar-refractivity contribution in [3.63, 3.8) is 0 Å². The number of carbonyl (C=O) groups is 1. The largest absolute Gasteiger partial charge is 0.486 e. The number of carbonyl (C=O) groups excluding carboxylic acids is 1. The number of fused-ring (bicyclic) bond motifs is 1. The van der Waals surface area contributed by atoms with Crippen molar-refractivity contribution in [1.82, 2.24) is 4.90 Å². The third-order valence-electron chi connectivity index (χ3n) is 6.32. The van der Waals surface area contributed by atoms with Gasteiger partial charge in [-0.1, -0.05) is 57.2 Å². The smallest absolute Gasteiger partial charge is 0.223 e. The van der Waals surface area contributed by atoms with Crippen molar-refractivity contribution in [2.45, 2.75) is 64.0 Å². The van der Waals surface area contributed by atoms with Gasteiger partial charge in [0.1, 0.15) is 13.2 Å². The number of nitrogens with zero attached hydrogens (tertiary/aromatic N) is 1. The van der Waals surface area contributed by atoms with Gasteiger partial charge in [0, 0.05) is 18.5 Å². The SMILES string of the molecule is CC(C)(C)c1ccc([C@@H](O)CCC(=O)N2CCC[C@H]2c2cccc3c2OCCO3)cc1. The van der Waals surface area contributed by atoms with Gasteiger partial charge in [-0.2, -0.15) is 0 Å². The first-order valence-electron chi connectivity index (χ1n) is 11.3. The molecule has 2 heterocycles. The quantitative estimate of drug-likeness (QED) is 0.741. The molecule has 2 atom stereocenters. The van der Waals surface area contributed by atoms with Crippen LogP contribution < -0.4 is 9.47 Å². The maximum absolute atomic E-state index is 13.1. The zero-order valence-electron chi connectivity index (χ0n) is 18.8. The molecule has 2 aliphatic rings. The van der Waals surface area contributed by atoms with Crippen LogP contribution in [0.5, 0.6) is 11.5 Å². The van der Waals surface area contributed by atoms with Crippen LogP contribution in [0.2, 0.25) is 0 Å². The Hall–Kier alpha value is -2.53. The third-order valence-corrected chi connectivity index (χ3v) is 6.32. The summed E-state index contributed by atoms with van der Waals surface area (Å²) in [7, 11) is 0. The first-order valence-corrected chi connectivity index (χ1v) is 11.3. The third kappa shape index (κ3) is 4.72. The van der Waals surface area contributed by atoms with Gasteiger partial charge < -0.3 is 19.5 Å². The zero-order chi connectivity index (χ0) is 22.0. The molecule has 0 spiro atoms. The number of benzene rings is 2.